The van der Waals surface area contributed by atoms with Crippen molar-refractivity contribution in [2.45, 2.75) is 25.8 Å². The van der Waals surface area contributed by atoms with E-state index >= 15 is 0 Å². The lowest BCUT2D eigenvalue weighted by Crippen LogP contribution is -2.39. The lowest BCUT2D eigenvalue weighted by atomic mass is 10.1. The van der Waals surface area contributed by atoms with Gasteiger partial charge in [-0.15, -0.1) is 0 Å². The van der Waals surface area contributed by atoms with Gasteiger partial charge in [0.15, 0.2) is 12.0 Å². The van der Waals surface area contributed by atoms with Crippen LogP contribution in [0.2, 0.25) is 0 Å². The van der Waals surface area contributed by atoms with Crippen LogP contribution in [0.4, 0.5) is 0 Å². The Labute approximate surface area is 92.0 Å². The number of piperidine rings is 1. The van der Waals surface area contributed by atoms with E-state index in [0.717, 1.165) is 0 Å². The lowest BCUT2D eigenvalue weighted by Gasteiger charge is -2.23. The Kier molecular flexibility index (Phi) is 2.85. The number of likely N-dealkylation sites (tertiary alicyclic amines) is 1. The zero-order valence-electron chi connectivity index (χ0n) is 8.64. The second-order valence-electron chi connectivity index (χ2n) is 3.65. The minimum Gasteiger partial charge on any atom is -0.456 e. The maximum Gasteiger partial charge on any atom is 0.229 e. The fourth-order valence-electron chi connectivity index (χ4n) is 1.67. The van der Waals surface area contributed by atoms with Crippen molar-refractivity contribution < 1.29 is 18.8 Å². The number of amides is 2. The van der Waals surface area contributed by atoms with Crippen molar-refractivity contribution in [1.29, 1.82) is 0 Å². The average molecular weight is 221 g/mol. The molecule has 0 bridgehead atoms. The van der Waals surface area contributed by atoms with E-state index in [-0.39, 0.29) is 24.1 Å². The van der Waals surface area contributed by atoms with Crippen LogP contribution in [0.15, 0.2) is 16.5 Å². The number of hydrogen-bond acceptors (Lipinski definition) is 4. The molecule has 0 aliphatic carbocycles. The average Bonchev–Trinajstić information content (AvgIpc) is 2.71. The monoisotopic (exact) mass is 221 g/mol. The molecule has 1 aromatic rings. The second-order valence-corrected chi connectivity index (χ2v) is 3.65. The van der Waals surface area contributed by atoms with Gasteiger partial charge in [-0.2, -0.15) is 0 Å². The predicted molar refractivity (Wildman–Crippen MR) is 53.5 cm³/mol. The Hall–Kier alpha value is -1.91. The van der Waals surface area contributed by atoms with E-state index in [1.165, 1.54) is 11.0 Å². The van der Waals surface area contributed by atoms with E-state index in [9.17, 15) is 14.4 Å². The van der Waals surface area contributed by atoms with Gasteiger partial charge in [-0.1, -0.05) is 0 Å². The predicted octanol–water partition coefficient (Wildman–Crippen LogP) is 1.13. The Morgan fingerprint density at radius 2 is 1.94 bits per heavy atom. The minimum atomic E-state index is -0.180. The zero-order chi connectivity index (χ0) is 11.5. The van der Waals surface area contributed by atoms with Crippen LogP contribution in [-0.4, -0.2) is 23.0 Å². The standard InChI is InChI=1S/C11H11NO4/c13-7-9-5-4-8(16-9)6-12-10(14)2-1-3-11(12)15/h4-5,7H,1-3,6H2. The van der Waals surface area contributed by atoms with E-state index in [1.54, 1.807) is 6.07 Å². The van der Waals surface area contributed by atoms with E-state index in [4.69, 9.17) is 4.42 Å². The highest BCUT2D eigenvalue weighted by Crippen LogP contribution is 2.16. The van der Waals surface area contributed by atoms with E-state index < -0.39 is 0 Å². The van der Waals surface area contributed by atoms with Crippen LogP contribution in [0.25, 0.3) is 0 Å². The number of rotatable bonds is 3. The molecule has 0 atom stereocenters. The number of aldehydes is 1. The lowest BCUT2D eigenvalue weighted by molar-refractivity contribution is -0.149. The molecule has 5 nitrogen and oxygen atoms in total. The highest BCUT2D eigenvalue weighted by Gasteiger charge is 2.26. The molecule has 2 heterocycles. The van der Waals surface area contributed by atoms with Gasteiger partial charge in [0, 0.05) is 12.8 Å². The third-order valence-corrected chi connectivity index (χ3v) is 2.50. The van der Waals surface area contributed by atoms with Crippen molar-refractivity contribution in [3.05, 3.63) is 23.7 Å². The number of carbonyl (C=O) groups excluding carboxylic acids is 3. The van der Waals surface area contributed by atoms with Crippen LogP contribution in [0, 0.1) is 0 Å². The summed E-state index contributed by atoms with van der Waals surface area (Å²) < 4.78 is 5.12. The third-order valence-electron chi connectivity index (χ3n) is 2.50. The van der Waals surface area contributed by atoms with Gasteiger partial charge in [-0.25, -0.2) is 0 Å². The fraction of sp³-hybridized carbons (Fsp3) is 0.364. The van der Waals surface area contributed by atoms with Crippen LogP contribution in [-0.2, 0) is 16.1 Å². The molecule has 1 aromatic heterocycles. The van der Waals surface area contributed by atoms with E-state index in [0.29, 0.717) is 31.3 Å². The van der Waals surface area contributed by atoms with Crippen molar-refractivity contribution in [2.75, 3.05) is 0 Å². The zero-order valence-corrected chi connectivity index (χ0v) is 8.64. The van der Waals surface area contributed by atoms with Crippen molar-refractivity contribution in [3.63, 3.8) is 0 Å². The molecule has 1 saturated heterocycles. The minimum absolute atomic E-state index is 0.117. The van der Waals surface area contributed by atoms with Crippen LogP contribution in [0.3, 0.4) is 0 Å². The quantitative estimate of drug-likeness (QED) is 0.566. The van der Waals surface area contributed by atoms with Crippen molar-refractivity contribution >= 4 is 18.1 Å². The molecular weight excluding hydrogens is 210 g/mol. The highest BCUT2D eigenvalue weighted by atomic mass is 16.3. The molecule has 0 saturated carbocycles. The van der Waals surface area contributed by atoms with Gasteiger partial charge >= 0.3 is 0 Å². The van der Waals surface area contributed by atoms with Gasteiger partial charge in [-0.3, -0.25) is 19.3 Å². The van der Waals surface area contributed by atoms with E-state index in [1.807, 2.05) is 0 Å². The Balaban J connectivity index is 2.10. The SMILES string of the molecule is O=Cc1ccc(CN2C(=O)CCCC2=O)o1. The molecule has 1 aliphatic rings. The molecule has 1 aliphatic heterocycles. The summed E-state index contributed by atoms with van der Waals surface area (Å²) >= 11 is 0. The smallest absolute Gasteiger partial charge is 0.229 e. The molecule has 2 amide bonds. The van der Waals surface area contributed by atoms with Gasteiger partial charge < -0.3 is 4.42 Å². The van der Waals surface area contributed by atoms with Gasteiger partial charge in [0.25, 0.3) is 0 Å². The highest BCUT2D eigenvalue weighted by molar-refractivity contribution is 5.97. The Morgan fingerprint density at radius 1 is 1.25 bits per heavy atom. The maximum atomic E-state index is 11.5. The van der Waals surface area contributed by atoms with Gasteiger partial charge in [0.05, 0.1) is 6.54 Å². The normalized spacial score (nSPS) is 16.6. The number of hydrogen-bond donors (Lipinski definition) is 0. The van der Waals surface area contributed by atoms with Crippen LogP contribution >= 0.6 is 0 Å². The summed E-state index contributed by atoms with van der Waals surface area (Å²) in [5.74, 6) is 0.290. The van der Waals surface area contributed by atoms with Crippen LogP contribution < -0.4 is 0 Å². The number of carbonyl (C=O) groups is 3. The summed E-state index contributed by atoms with van der Waals surface area (Å²) in [6, 6.07) is 3.11. The molecule has 16 heavy (non-hydrogen) atoms. The summed E-state index contributed by atoms with van der Waals surface area (Å²) in [4.78, 5) is 34.5. The van der Waals surface area contributed by atoms with Gasteiger partial charge in [-0.05, 0) is 18.6 Å². The van der Waals surface area contributed by atoms with Gasteiger partial charge in [0.1, 0.15) is 5.76 Å². The van der Waals surface area contributed by atoms with Crippen molar-refractivity contribution in [3.8, 4) is 0 Å². The third kappa shape index (κ3) is 2.03. The van der Waals surface area contributed by atoms with Crippen LogP contribution in [0.1, 0.15) is 35.6 Å². The fourth-order valence-corrected chi connectivity index (χ4v) is 1.67. The summed E-state index contributed by atoms with van der Waals surface area (Å²) in [5, 5.41) is 0. The number of furan rings is 1. The Bertz CT molecular complexity index is 419. The summed E-state index contributed by atoms with van der Waals surface area (Å²) in [7, 11) is 0. The largest absolute Gasteiger partial charge is 0.456 e. The number of imide groups is 1. The molecule has 84 valence electrons. The molecule has 2 rings (SSSR count). The molecule has 0 radical (unpaired) electrons. The molecule has 0 aromatic carbocycles. The summed E-state index contributed by atoms with van der Waals surface area (Å²) in [5.41, 5.74) is 0. The van der Waals surface area contributed by atoms with Crippen molar-refractivity contribution in [1.82, 2.24) is 4.90 Å². The molecule has 0 unspecified atom stereocenters. The molecule has 0 spiro atoms. The first kappa shape index (κ1) is 10.6. The molecular formula is C11H11NO4. The summed E-state index contributed by atoms with van der Waals surface area (Å²) in [6.07, 6.45) is 2.00. The first-order valence-corrected chi connectivity index (χ1v) is 5.08. The van der Waals surface area contributed by atoms with E-state index in [2.05, 4.69) is 0 Å². The number of nitrogens with zero attached hydrogens (tertiary/aromatic N) is 1. The maximum absolute atomic E-state index is 11.5. The van der Waals surface area contributed by atoms with Gasteiger partial charge in [0.2, 0.25) is 11.8 Å². The summed E-state index contributed by atoms with van der Waals surface area (Å²) in [6.45, 7) is 0.117. The molecule has 1 fully saturated rings. The topological polar surface area (TPSA) is 67.6 Å². The first-order chi connectivity index (χ1) is 7.70. The Morgan fingerprint density at radius 3 is 2.50 bits per heavy atom. The molecule has 0 N–H and O–H groups in total. The second kappa shape index (κ2) is 4.30. The molecule has 5 heteroatoms. The van der Waals surface area contributed by atoms with Crippen molar-refractivity contribution in [2.24, 2.45) is 0 Å². The van der Waals surface area contributed by atoms with Crippen LogP contribution in [0.5, 0.6) is 0 Å². The first-order valence-electron chi connectivity index (χ1n) is 5.08.